The van der Waals surface area contributed by atoms with E-state index in [1.165, 1.54) is 12.1 Å². The molecule has 176 valence electrons. The lowest BCUT2D eigenvalue weighted by Gasteiger charge is -2.18. The molecule has 1 heterocycles. The van der Waals surface area contributed by atoms with Gasteiger partial charge in [-0.25, -0.2) is 9.18 Å². The zero-order valence-electron chi connectivity index (χ0n) is 19.4. The van der Waals surface area contributed by atoms with Gasteiger partial charge in [-0.15, -0.1) is 0 Å². The van der Waals surface area contributed by atoms with E-state index in [-0.39, 0.29) is 11.8 Å². The highest BCUT2D eigenvalue weighted by atomic mass is 19.1. The number of aryl methyl sites for hydroxylation is 1. The molecule has 3 aromatic rings. The fraction of sp³-hybridized carbons (Fsp3) is 0.385. The first kappa shape index (κ1) is 24.5. The number of carbonyl (C=O) groups excluding carboxylic acids is 1. The number of hydrogen-bond acceptors (Lipinski definition) is 3. The highest BCUT2D eigenvalue weighted by Gasteiger charge is 2.08. The maximum Gasteiger partial charge on any atom is 0.317 e. The summed E-state index contributed by atoms with van der Waals surface area (Å²) in [4.78, 5) is 14.1. The summed E-state index contributed by atoms with van der Waals surface area (Å²) in [6, 6.07) is 16.4. The number of nitrogens with zero attached hydrogens (tertiary/aromatic N) is 2. The molecule has 0 unspecified atom stereocenters. The molecule has 0 aliphatic carbocycles. The van der Waals surface area contributed by atoms with Crippen LogP contribution in [0, 0.1) is 5.82 Å². The molecule has 0 radical (unpaired) electrons. The molecular formula is C26H33FN4O2. The SMILES string of the molecule is CCOCc1ccc(CNC(=O)N(C)CCCCCc2cc(-c3cccc(F)c3)n[nH]2)cc1. The molecule has 1 aromatic heterocycles. The molecule has 2 amide bonds. The van der Waals surface area contributed by atoms with Crippen LogP contribution in [0.5, 0.6) is 0 Å². The molecule has 0 aliphatic heterocycles. The van der Waals surface area contributed by atoms with Gasteiger partial charge >= 0.3 is 6.03 Å². The summed E-state index contributed by atoms with van der Waals surface area (Å²) in [5.41, 5.74) is 4.75. The van der Waals surface area contributed by atoms with Gasteiger partial charge in [-0.1, -0.05) is 42.8 Å². The third-order valence-electron chi connectivity index (χ3n) is 5.48. The van der Waals surface area contributed by atoms with Gasteiger partial charge < -0.3 is 15.0 Å². The Morgan fingerprint density at radius 1 is 1.09 bits per heavy atom. The zero-order chi connectivity index (χ0) is 23.5. The molecule has 7 heteroatoms. The second-order valence-electron chi connectivity index (χ2n) is 8.13. The quantitative estimate of drug-likeness (QED) is 0.366. The lowest BCUT2D eigenvalue weighted by atomic mass is 10.1. The predicted molar refractivity (Wildman–Crippen MR) is 128 cm³/mol. The number of aromatic nitrogens is 2. The van der Waals surface area contributed by atoms with Crippen molar-refractivity contribution in [2.45, 2.75) is 45.8 Å². The monoisotopic (exact) mass is 452 g/mol. The van der Waals surface area contributed by atoms with Crippen molar-refractivity contribution in [2.24, 2.45) is 0 Å². The molecule has 0 saturated carbocycles. The van der Waals surface area contributed by atoms with Gasteiger partial charge in [-0.3, -0.25) is 5.10 Å². The number of halogens is 1. The van der Waals surface area contributed by atoms with Crippen LogP contribution in [0.3, 0.4) is 0 Å². The summed E-state index contributed by atoms with van der Waals surface area (Å²) in [5.74, 6) is -0.263. The third kappa shape index (κ3) is 8.02. The molecule has 0 spiro atoms. The average Bonchev–Trinajstić information content (AvgIpc) is 3.30. The molecular weight excluding hydrogens is 419 g/mol. The van der Waals surface area contributed by atoms with Crippen LogP contribution in [0.25, 0.3) is 11.3 Å². The Labute approximate surface area is 195 Å². The Kier molecular flexibility index (Phi) is 9.44. The highest BCUT2D eigenvalue weighted by molar-refractivity contribution is 5.73. The van der Waals surface area contributed by atoms with Crippen molar-refractivity contribution in [3.63, 3.8) is 0 Å². The third-order valence-corrected chi connectivity index (χ3v) is 5.48. The van der Waals surface area contributed by atoms with Crippen LogP contribution in [0.15, 0.2) is 54.6 Å². The van der Waals surface area contributed by atoms with Crippen LogP contribution in [0.1, 0.15) is 43.0 Å². The topological polar surface area (TPSA) is 70.2 Å². The lowest BCUT2D eigenvalue weighted by molar-refractivity contribution is 0.134. The van der Waals surface area contributed by atoms with Gasteiger partial charge in [0.25, 0.3) is 0 Å². The number of unbranched alkanes of at least 4 members (excludes halogenated alkanes) is 2. The minimum Gasteiger partial charge on any atom is -0.377 e. The van der Waals surface area contributed by atoms with Crippen molar-refractivity contribution < 1.29 is 13.9 Å². The average molecular weight is 453 g/mol. The summed E-state index contributed by atoms with van der Waals surface area (Å²) in [7, 11) is 1.82. The van der Waals surface area contributed by atoms with E-state index in [0.717, 1.165) is 53.8 Å². The van der Waals surface area contributed by atoms with E-state index in [1.807, 2.05) is 50.4 Å². The van der Waals surface area contributed by atoms with Crippen molar-refractivity contribution in [1.82, 2.24) is 20.4 Å². The summed E-state index contributed by atoms with van der Waals surface area (Å²) in [6.45, 7) is 4.50. The summed E-state index contributed by atoms with van der Waals surface area (Å²) in [5, 5.41) is 10.3. The van der Waals surface area contributed by atoms with Crippen molar-refractivity contribution in [3.8, 4) is 11.3 Å². The minimum absolute atomic E-state index is 0.0679. The Balaban J connectivity index is 1.31. The van der Waals surface area contributed by atoms with Crippen LogP contribution >= 0.6 is 0 Å². The second kappa shape index (κ2) is 12.7. The highest BCUT2D eigenvalue weighted by Crippen LogP contribution is 2.19. The fourth-order valence-electron chi connectivity index (χ4n) is 3.51. The van der Waals surface area contributed by atoms with Gasteiger partial charge in [-0.2, -0.15) is 5.10 Å². The number of benzene rings is 2. The van der Waals surface area contributed by atoms with Crippen molar-refractivity contribution >= 4 is 6.03 Å². The number of ether oxygens (including phenoxy) is 1. The van der Waals surface area contributed by atoms with Crippen molar-refractivity contribution in [1.29, 1.82) is 0 Å². The number of amides is 2. The maximum atomic E-state index is 13.4. The lowest BCUT2D eigenvalue weighted by Crippen LogP contribution is -2.37. The largest absolute Gasteiger partial charge is 0.377 e. The Hall–Kier alpha value is -3.19. The molecule has 0 aliphatic rings. The second-order valence-corrected chi connectivity index (χ2v) is 8.13. The number of nitrogens with one attached hydrogen (secondary N) is 2. The van der Waals surface area contributed by atoms with E-state index >= 15 is 0 Å². The normalized spacial score (nSPS) is 10.9. The first-order chi connectivity index (χ1) is 16.0. The number of rotatable bonds is 12. The van der Waals surface area contributed by atoms with E-state index in [9.17, 15) is 9.18 Å². The molecule has 0 fully saturated rings. The number of carbonyl (C=O) groups is 1. The van der Waals surface area contributed by atoms with Crippen LogP contribution in [0.4, 0.5) is 9.18 Å². The standard InChI is InChI=1S/C26H33FN4O2/c1-3-33-19-21-13-11-20(12-14-21)18-28-26(32)31(2)15-6-4-5-10-24-17-25(30-29-24)22-8-7-9-23(27)16-22/h7-9,11-14,16-17H,3-6,10,15,18-19H2,1-2H3,(H,28,32)(H,29,30). The van der Waals surface area contributed by atoms with Crippen LogP contribution in [0.2, 0.25) is 0 Å². The van der Waals surface area contributed by atoms with Crippen LogP contribution < -0.4 is 5.32 Å². The number of H-pyrrole nitrogens is 1. The predicted octanol–water partition coefficient (Wildman–Crippen LogP) is 5.31. The summed E-state index contributed by atoms with van der Waals surface area (Å²) >= 11 is 0. The van der Waals surface area contributed by atoms with Gasteiger partial charge in [0, 0.05) is 38.0 Å². The smallest absolute Gasteiger partial charge is 0.317 e. The molecule has 0 atom stereocenters. The van der Waals surface area contributed by atoms with Gasteiger partial charge in [0.2, 0.25) is 0 Å². The van der Waals surface area contributed by atoms with Crippen LogP contribution in [-0.2, 0) is 24.3 Å². The first-order valence-electron chi connectivity index (χ1n) is 11.5. The molecule has 3 rings (SSSR count). The Morgan fingerprint density at radius 2 is 1.88 bits per heavy atom. The fourth-order valence-corrected chi connectivity index (χ4v) is 3.51. The minimum atomic E-state index is -0.263. The van der Waals surface area contributed by atoms with E-state index in [0.29, 0.717) is 26.3 Å². The van der Waals surface area contributed by atoms with E-state index in [4.69, 9.17) is 4.74 Å². The van der Waals surface area contributed by atoms with Crippen molar-refractivity contribution in [2.75, 3.05) is 20.2 Å². The van der Waals surface area contributed by atoms with E-state index in [1.54, 1.807) is 11.0 Å². The molecule has 0 saturated heterocycles. The Bertz CT molecular complexity index is 1000. The molecule has 33 heavy (non-hydrogen) atoms. The van der Waals surface area contributed by atoms with E-state index < -0.39 is 0 Å². The Morgan fingerprint density at radius 3 is 2.64 bits per heavy atom. The van der Waals surface area contributed by atoms with Gasteiger partial charge in [-0.05, 0) is 55.5 Å². The number of urea groups is 1. The van der Waals surface area contributed by atoms with Crippen molar-refractivity contribution in [3.05, 3.63) is 77.2 Å². The van der Waals surface area contributed by atoms with Crippen LogP contribution in [-0.4, -0.2) is 41.3 Å². The zero-order valence-corrected chi connectivity index (χ0v) is 19.4. The van der Waals surface area contributed by atoms with Gasteiger partial charge in [0.1, 0.15) is 5.82 Å². The van der Waals surface area contributed by atoms with Gasteiger partial charge in [0.05, 0.1) is 12.3 Å². The summed E-state index contributed by atoms with van der Waals surface area (Å²) < 4.78 is 18.8. The molecule has 2 N–H and O–H groups in total. The number of aromatic amines is 1. The summed E-state index contributed by atoms with van der Waals surface area (Å²) in [6.07, 6.45) is 3.81. The van der Waals surface area contributed by atoms with Gasteiger partial charge in [0.15, 0.2) is 0 Å². The molecule has 2 aromatic carbocycles. The maximum absolute atomic E-state index is 13.4. The number of hydrogen-bond donors (Lipinski definition) is 2. The molecule has 0 bridgehead atoms. The van der Waals surface area contributed by atoms with E-state index in [2.05, 4.69) is 15.5 Å². The first-order valence-corrected chi connectivity index (χ1v) is 11.5. The molecule has 6 nitrogen and oxygen atoms in total.